The highest BCUT2D eigenvalue weighted by molar-refractivity contribution is 6.30. The second-order valence-corrected chi connectivity index (χ2v) is 7.56. The summed E-state index contributed by atoms with van der Waals surface area (Å²) in [5.41, 5.74) is 1.16. The van der Waals surface area contributed by atoms with Gasteiger partial charge in [0.15, 0.2) is 0 Å². The fraction of sp³-hybridized carbons (Fsp3) is 0.381. The predicted molar refractivity (Wildman–Crippen MR) is 113 cm³/mol. The van der Waals surface area contributed by atoms with Crippen molar-refractivity contribution in [1.29, 1.82) is 0 Å². The van der Waals surface area contributed by atoms with Gasteiger partial charge in [0.1, 0.15) is 0 Å². The van der Waals surface area contributed by atoms with Gasteiger partial charge in [0, 0.05) is 49.2 Å². The zero-order chi connectivity index (χ0) is 20.8. The number of halogens is 1. The SMILES string of the molecule is CC(C)Oc1ccc(C(=O)N2CCCN(C(=O)Nc3cccc(Cl)c3)CC2)cn1. The maximum absolute atomic E-state index is 12.8. The van der Waals surface area contributed by atoms with Gasteiger partial charge in [-0.15, -0.1) is 0 Å². The number of nitrogens with one attached hydrogen (secondary N) is 1. The lowest BCUT2D eigenvalue weighted by Crippen LogP contribution is -2.39. The molecule has 1 aromatic carbocycles. The van der Waals surface area contributed by atoms with Gasteiger partial charge < -0.3 is 19.9 Å². The first kappa shape index (κ1) is 20.9. The first-order valence-electron chi connectivity index (χ1n) is 9.66. The van der Waals surface area contributed by atoms with E-state index in [1.807, 2.05) is 13.8 Å². The molecule has 0 spiro atoms. The fourth-order valence-corrected chi connectivity index (χ4v) is 3.28. The van der Waals surface area contributed by atoms with Crippen molar-refractivity contribution in [2.24, 2.45) is 0 Å². The lowest BCUT2D eigenvalue weighted by atomic mass is 10.2. The van der Waals surface area contributed by atoms with E-state index in [2.05, 4.69) is 10.3 Å². The Morgan fingerprint density at radius 3 is 2.55 bits per heavy atom. The molecule has 154 valence electrons. The van der Waals surface area contributed by atoms with Gasteiger partial charge in [0.2, 0.25) is 5.88 Å². The molecule has 1 N–H and O–H groups in total. The van der Waals surface area contributed by atoms with Crippen LogP contribution in [0.4, 0.5) is 10.5 Å². The molecule has 1 saturated heterocycles. The smallest absolute Gasteiger partial charge is 0.321 e. The fourth-order valence-electron chi connectivity index (χ4n) is 3.09. The zero-order valence-corrected chi connectivity index (χ0v) is 17.4. The Kier molecular flexibility index (Phi) is 6.93. The Bertz CT molecular complexity index is 857. The minimum absolute atomic E-state index is 0.0266. The summed E-state index contributed by atoms with van der Waals surface area (Å²) in [5.74, 6) is 0.405. The molecule has 1 aliphatic heterocycles. The lowest BCUT2D eigenvalue weighted by molar-refractivity contribution is 0.0762. The van der Waals surface area contributed by atoms with Gasteiger partial charge in [-0.2, -0.15) is 0 Å². The molecule has 0 radical (unpaired) electrons. The van der Waals surface area contributed by atoms with E-state index in [1.165, 1.54) is 6.20 Å². The number of nitrogens with zero attached hydrogens (tertiary/aromatic N) is 3. The van der Waals surface area contributed by atoms with Crippen molar-refractivity contribution >= 4 is 29.2 Å². The zero-order valence-electron chi connectivity index (χ0n) is 16.6. The van der Waals surface area contributed by atoms with Crippen LogP contribution in [0.3, 0.4) is 0 Å². The Labute approximate surface area is 175 Å². The molecule has 2 aromatic rings. The molecule has 1 aromatic heterocycles. The molecule has 0 aliphatic carbocycles. The van der Waals surface area contributed by atoms with Crippen molar-refractivity contribution in [3.8, 4) is 5.88 Å². The van der Waals surface area contributed by atoms with Crippen molar-refractivity contribution in [3.05, 3.63) is 53.2 Å². The van der Waals surface area contributed by atoms with E-state index in [4.69, 9.17) is 16.3 Å². The van der Waals surface area contributed by atoms with Crippen LogP contribution in [0.15, 0.2) is 42.6 Å². The first-order valence-corrected chi connectivity index (χ1v) is 10.0. The van der Waals surface area contributed by atoms with Crippen LogP contribution >= 0.6 is 11.6 Å². The van der Waals surface area contributed by atoms with Crippen LogP contribution in [0.25, 0.3) is 0 Å². The Morgan fingerprint density at radius 1 is 1.10 bits per heavy atom. The van der Waals surface area contributed by atoms with Gasteiger partial charge in [-0.25, -0.2) is 9.78 Å². The van der Waals surface area contributed by atoms with Crippen molar-refractivity contribution in [1.82, 2.24) is 14.8 Å². The molecule has 1 fully saturated rings. The quantitative estimate of drug-likeness (QED) is 0.820. The topological polar surface area (TPSA) is 74.8 Å². The first-order chi connectivity index (χ1) is 13.9. The molecule has 8 heteroatoms. The van der Waals surface area contributed by atoms with Crippen LogP contribution in [-0.4, -0.2) is 59.0 Å². The number of carbonyl (C=O) groups excluding carboxylic acids is 2. The van der Waals surface area contributed by atoms with Crippen molar-refractivity contribution in [2.75, 3.05) is 31.5 Å². The summed E-state index contributed by atoms with van der Waals surface area (Å²) in [5, 5.41) is 3.42. The molecule has 29 heavy (non-hydrogen) atoms. The van der Waals surface area contributed by atoms with Crippen molar-refractivity contribution in [3.63, 3.8) is 0 Å². The van der Waals surface area contributed by atoms with Crippen LogP contribution in [0, 0.1) is 0 Å². The van der Waals surface area contributed by atoms with Crippen molar-refractivity contribution in [2.45, 2.75) is 26.4 Å². The Hall–Kier alpha value is -2.80. The molecule has 7 nitrogen and oxygen atoms in total. The van der Waals surface area contributed by atoms with Crippen molar-refractivity contribution < 1.29 is 14.3 Å². The summed E-state index contributed by atoms with van der Waals surface area (Å²) in [4.78, 5) is 33.0. The monoisotopic (exact) mass is 416 g/mol. The van der Waals surface area contributed by atoms with E-state index in [-0.39, 0.29) is 18.0 Å². The standard InChI is InChI=1S/C21H25ClN4O3/c1-15(2)29-19-8-7-16(14-23-19)20(27)25-9-4-10-26(12-11-25)21(28)24-18-6-3-5-17(22)13-18/h3,5-8,13-15H,4,9-12H2,1-2H3,(H,24,28). The van der Waals surface area contributed by atoms with Gasteiger partial charge in [-0.1, -0.05) is 17.7 Å². The highest BCUT2D eigenvalue weighted by atomic mass is 35.5. The third kappa shape index (κ3) is 5.84. The molecule has 3 amide bonds. The van der Waals surface area contributed by atoms with Gasteiger partial charge in [0.05, 0.1) is 11.7 Å². The third-order valence-corrected chi connectivity index (χ3v) is 4.72. The Morgan fingerprint density at radius 2 is 1.86 bits per heavy atom. The lowest BCUT2D eigenvalue weighted by Gasteiger charge is -2.22. The molecule has 1 aliphatic rings. The van der Waals surface area contributed by atoms with E-state index in [0.717, 1.165) is 0 Å². The third-order valence-electron chi connectivity index (χ3n) is 4.49. The summed E-state index contributed by atoms with van der Waals surface area (Å²) in [6.07, 6.45) is 2.27. The minimum Gasteiger partial charge on any atom is -0.475 e. The molecule has 2 heterocycles. The number of aromatic nitrogens is 1. The van der Waals surface area contributed by atoms with E-state index in [9.17, 15) is 9.59 Å². The largest absolute Gasteiger partial charge is 0.475 e. The second-order valence-electron chi connectivity index (χ2n) is 7.13. The number of urea groups is 1. The van der Waals surface area contributed by atoms with E-state index >= 15 is 0 Å². The number of benzene rings is 1. The normalized spacial score (nSPS) is 14.5. The Balaban J connectivity index is 1.57. The van der Waals surface area contributed by atoms with E-state index in [1.54, 1.807) is 46.2 Å². The molecule has 3 rings (SSSR count). The number of hydrogen-bond acceptors (Lipinski definition) is 4. The highest BCUT2D eigenvalue weighted by Crippen LogP contribution is 2.17. The number of carbonyl (C=O) groups is 2. The van der Waals surface area contributed by atoms with Crippen LogP contribution in [0.5, 0.6) is 5.88 Å². The number of hydrogen-bond donors (Lipinski definition) is 1. The summed E-state index contributed by atoms with van der Waals surface area (Å²) >= 11 is 5.96. The summed E-state index contributed by atoms with van der Waals surface area (Å²) in [6.45, 7) is 5.93. The van der Waals surface area contributed by atoms with Crippen LogP contribution in [0.1, 0.15) is 30.6 Å². The van der Waals surface area contributed by atoms with Crippen LogP contribution < -0.4 is 10.1 Å². The number of ether oxygens (including phenoxy) is 1. The van der Waals surface area contributed by atoms with Gasteiger partial charge in [0.25, 0.3) is 5.91 Å². The van der Waals surface area contributed by atoms with Crippen LogP contribution in [0.2, 0.25) is 5.02 Å². The molecular formula is C21H25ClN4O3. The highest BCUT2D eigenvalue weighted by Gasteiger charge is 2.23. The predicted octanol–water partition coefficient (Wildman–Crippen LogP) is 3.90. The minimum atomic E-state index is -0.196. The number of pyridine rings is 1. The van der Waals surface area contributed by atoms with Crippen LogP contribution in [-0.2, 0) is 0 Å². The average Bonchev–Trinajstić information content (AvgIpc) is 2.94. The van der Waals surface area contributed by atoms with Gasteiger partial charge in [-0.3, -0.25) is 4.79 Å². The second kappa shape index (κ2) is 9.60. The summed E-state index contributed by atoms with van der Waals surface area (Å²) in [7, 11) is 0. The number of rotatable bonds is 4. The number of amides is 3. The number of anilines is 1. The molecule has 0 saturated carbocycles. The molecule has 0 unspecified atom stereocenters. The van der Waals surface area contributed by atoms with Gasteiger partial charge in [-0.05, 0) is 44.5 Å². The molecule has 0 bridgehead atoms. The maximum atomic E-state index is 12.8. The van der Waals surface area contributed by atoms with E-state index in [0.29, 0.717) is 54.8 Å². The average molecular weight is 417 g/mol. The maximum Gasteiger partial charge on any atom is 0.321 e. The summed E-state index contributed by atoms with van der Waals surface area (Å²) < 4.78 is 5.52. The molecule has 0 atom stereocenters. The van der Waals surface area contributed by atoms with Gasteiger partial charge >= 0.3 is 6.03 Å². The van der Waals surface area contributed by atoms with E-state index < -0.39 is 0 Å². The molecular weight excluding hydrogens is 392 g/mol. The summed E-state index contributed by atoms with van der Waals surface area (Å²) in [6, 6.07) is 10.3.